The smallest absolute Gasteiger partial charge is 0.256 e. The number of nitrogens with zero attached hydrogens (tertiary/aromatic N) is 1. The summed E-state index contributed by atoms with van der Waals surface area (Å²) in [6.45, 7) is 5.99. The number of aromatic amines is 1. The summed E-state index contributed by atoms with van der Waals surface area (Å²) in [7, 11) is 0. The Bertz CT molecular complexity index is 552. The minimum atomic E-state index is -0.110. The van der Waals surface area contributed by atoms with E-state index in [9.17, 15) is 4.79 Å². The SMILES string of the molecule is CCc1cn[nH]c1NC(=O)c1cc(C)cc(C)c1. The summed E-state index contributed by atoms with van der Waals surface area (Å²) in [5.41, 5.74) is 3.85. The van der Waals surface area contributed by atoms with Gasteiger partial charge in [0, 0.05) is 11.1 Å². The predicted octanol–water partition coefficient (Wildman–Crippen LogP) is 2.84. The molecule has 0 spiro atoms. The first-order chi connectivity index (χ1) is 8.60. The number of benzene rings is 1. The molecule has 0 bridgehead atoms. The molecule has 4 heteroatoms. The molecule has 1 amide bonds. The Balaban J connectivity index is 2.22. The topological polar surface area (TPSA) is 57.8 Å². The Morgan fingerprint density at radius 1 is 1.28 bits per heavy atom. The second-order valence-corrected chi connectivity index (χ2v) is 4.45. The molecule has 2 aromatic rings. The normalized spacial score (nSPS) is 10.4. The number of aryl methyl sites for hydroxylation is 3. The van der Waals surface area contributed by atoms with Gasteiger partial charge in [-0.15, -0.1) is 0 Å². The van der Waals surface area contributed by atoms with E-state index in [2.05, 4.69) is 15.5 Å². The number of aromatic nitrogens is 2. The summed E-state index contributed by atoms with van der Waals surface area (Å²) >= 11 is 0. The van der Waals surface area contributed by atoms with Crippen molar-refractivity contribution in [1.29, 1.82) is 0 Å². The number of rotatable bonds is 3. The minimum absolute atomic E-state index is 0.110. The van der Waals surface area contributed by atoms with Crippen LogP contribution >= 0.6 is 0 Å². The first-order valence-electron chi connectivity index (χ1n) is 6.02. The van der Waals surface area contributed by atoms with Gasteiger partial charge in [0.1, 0.15) is 5.82 Å². The van der Waals surface area contributed by atoms with Crippen LogP contribution in [0.3, 0.4) is 0 Å². The van der Waals surface area contributed by atoms with Crippen LogP contribution in [0, 0.1) is 13.8 Å². The maximum absolute atomic E-state index is 12.1. The van der Waals surface area contributed by atoms with Crippen molar-refractivity contribution in [2.45, 2.75) is 27.2 Å². The van der Waals surface area contributed by atoms with E-state index >= 15 is 0 Å². The van der Waals surface area contributed by atoms with Crippen molar-refractivity contribution in [3.63, 3.8) is 0 Å². The molecule has 94 valence electrons. The zero-order chi connectivity index (χ0) is 13.1. The summed E-state index contributed by atoms with van der Waals surface area (Å²) in [6.07, 6.45) is 2.57. The average molecular weight is 243 g/mol. The fourth-order valence-corrected chi connectivity index (χ4v) is 1.98. The van der Waals surface area contributed by atoms with Gasteiger partial charge in [-0.05, 0) is 32.4 Å². The zero-order valence-electron chi connectivity index (χ0n) is 10.9. The molecular formula is C14H17N3O. The number of carbonyl (C=O) groups is 1. The van der Waals surface area contributed by atoms with Crippen LogP contribution in [0.2, 0.25) is 0 Å². The summed E-state index contributed by atoms with van der Waals surface area (Å²) < 4.78 is 0. The lowest BCUT2D eigenvalue weighted by molar-refractivity contribution is 0.102. The van der Waals surface area contributed by atoms with Crippen molar-refractivity contribution in [1.82, 2.24) is 10.2 Å². The van der Waals surface area contributed by atoms with E-state index in [4.69, 9.17) is 0 Å². The molecule has 0 atom stereocenters. The Hall–Kier alpha value is -2.10. The van der Waals surface area contributed by atoms with Crippen molar-refractivity contribution in [3.8, 4) is 0 Å². The number of anilines is 1. The van der Waals surface area contributed by atoms with Gasteiger partial charge in [0.2, 0.25) is 0 Å². The van der Waals surface area contributed by atoms with Crippen LogP contribution in [-0.4, -0.2) is 16.1 Å². The number of carbonyl (C=O) groups excluding carboxylic acids is 1. The molecule has 1 aromatic heterocycles. The van der Waals surface area contributed by atoms with Gasteiger partial charge in [-0.25, -0.2) is 0 Å². The number of nitrogens with one attached hydrogen (secondary N) is 2. The minimum Gasteiger partial charge on any atom is -0.307 e. The number of hydrogen-bond acceptors (Lipinski definition) is 2. The molecule has 0 fully saturated rings. The Morgan fingerprint density at radius 3 is 2.56 bits per heavy atom. The van der Waals surface area contributed by atoms with Crippen molar-refractivity contribution in [3.05, 3.63) is 46.6 Å². The Morgan fingerprint density at radius 2 is 1.94 bits per heavy atom. The second kappa shape index (κ2) is 5.04. The van der Waals surface area contributed by atoms with Crippen LogP contribution in [0.25, 0.3) is 0 Å². The predicted molar refractivity (Wildman–Crippen MR) is 71.8 cm³/mol. The van der Waals surface area contributed by atoms with Gasteiger partial charge in [-0.3, -0.25) is 9.89 Å². The fourth-order valence-electron chi connectivity index (χ4n) is 1.98. The lowest BCUT2D eigenvalue weighted by Gasteiger charge is -2.06. The van der Waals surface area contributed by atoms with Crippen LogP contribution < -0.4 is 5.32 Å². The highest BCUT2D eigenvalue weighted by atomic mass is 16.1. The largest absolute Gasteiger partial charge is 0.307 e. The van der Waals surface area contributed by atoms with E-state index in [1.54, 1.807) is 6.20 Å². The Kier molecular flexibility index (Phi) is 3.46. The van der Waals surface area contributed by atoms with Crippen LogP contribution in [0.5, 0.6) is 0 Å². The third kappa shape index (κ3) is 2.59. The lowest BCUT2D eigenvalue weighted by Crippen LogP contribution is -2.13. The number of hydrogen-bond donors (Lipinski definition) is 2. The van der Waals surface area contributed by atoms with Crippen LogP contribution in [0.4, 0.5) is 5.82 Å². The van der Waals surface area contributed by atoms with Crippen LogP contribution in [0.1, 0.15) is 34.0 Å². The van der Waals surface area contributed by atoms with Crippen LogP contribution in [-0.2, 0) is 6.42 Å². The van der Waals surface area contributed by atoms with Gasteiger partial charge >= 0.3 is 0 Å². The Labute approximate surface area is 106 Å². The van der Waals surface area contributed by atoms with Gasteiger partial charge in [-0.2, -0.15) is 5.10 Å². The molecule has 2 N–H and O–H groups in total. The molecule has 1 heterocycles. The van der Waals surface area contributed by atoms with Crippen molar-refractivity contribution >= 4 is 11.7 Å². The average Bonchev–Trinajstić information content (AvgIpc) is 2.75. The summed E-state index contributed by atoms with van der Waals surface area (Å²) in [5, 5.41) is 9.59. The van der Waals surface area contributed by atoms with E-state index in [0.717, 1.165) is 23.1 Å². The third-order valence-corrected chi connectivity index (χ3v) is 2.82. The van der Waals surface area contributed by atoms with Crippen LogP contribution in [0.15, 0.2) is 24.4 Å². The number of amides is 1. The summed E-state index contributed by atoms with van der Waals surface area (Å²) in [6, 6.07) is 5.80. The van der Waals surface area contributed by atoms with E-state index in [0.29, 0.717) is 11.4 Å². The van der Waals surface area contributed by atoms with Gasteiger partial charge in [0.15, 0.2) is 0 Å². The molecule has 1 aromatic carbocycles. The molecule has 0 saturated heterocycles. The first-order valence-corrected chi connectivity index (χ1v) is 6.02. The fraction of sp³-hybridized carbons (Fsp3) is 0.286. The second-order valence-electron chi connectivity index (χ2n) is 4.45. The van der Waals surface area contributed by atoms with Gasteiger partial charge in [0.05, 0.1) is 6.20 Å². The lowest BCUT2D eigenvalue weighted by atomic mass is 10.1. The molecule has 0 radical (unpaired) electrons. The molecule has 0 unspecified atom stereocenters. The van der Waals surface area contributed by atoms with E-state index in [1.807, 2.05) is 39.0 Å². The quantitative estimate of drug-likeness (QED) is 0.870. The number of H-pyrrole nitrogens is 1. The summed E-state index contributed by atoms with van der Waals surface area (Å²) in [5.74, 6) is 0.572. The maximum Gasteiger partial charge on any atom is 0.256 e. The molecule has 0 aliphatic carbocycles. The monoisotopic (exact) mass is 243 g/mol. The molecule has 0 saturated carbocycles. The van der Waals surface area contributed by atoms with Gasteiger partial charge < -0.3 is 5.32 Å². The molecule has 2 rings (SSSR count). The van der Waals surface area contributed by atoms with Crippen molar-refractivity contribution < 1.29 is 4.79 Å². The van der Waals surface area contributed by atoms with Gasteiger partial charge in [-0.1, -0.05) is 24.1 Å². The highest BCUT2D eigenvalue weighted by Gasteiger charge is 2.10. The first kappa shape index (κ1) is 12.4. The summed E-state index contributed by atoms with van der Waals surface area (Å²) in [4.78, 5) is 12.1. The highest BCUT2D eigenvalue weighted by molar-refractivity contribution is 6.04. The molecule has 18 heavy (non-hydrogen) atoms. The molecule has 0 aliphatic rings. The van der Waals surface area contributed by atoms with E-state index in [-0.39, 0.29) is 5.91 Å². The zero-order valence-corrected chi connectivity index (χ0v) is 10.9. The third-order valence-electron chi connectivity index (χ3n) is 2.82. The molecule has 4 nitrogen and oxygen atoms in total. The standard InChI is InChI=1S/C14H17N3O/c1-4-11-8-15-17-13(11)16-14(18)12-6-9(2)5-10(3)7-12/h5-8H,4H2,1-3H3,(H2,15,16,17,18). The maximum atomic E-state index is 12.1. The highest BCUT2D eigenvalue weighted by Crippen LogP contribution is 2.14. The van der Waals surface area contributed by atoms with E-state index < -0.39 is 0 Å². The molecular weight excluding hydrogens is 226 g/mol. The van der Waals surface area contributed by atoms with Gasteiger partial charge in [0.25, 0.3) is 5.91 Å². The van der Waals surface area contributed by atoms with Crippen molar-refractivity contribution in [2.75, 3.05) is 5.32 Å². The van der Waals surface area contributed by atoms with Crippen molar-refractivity contribution in [2.24, 2.45) is 0 Å². The molecule has 0 aliphatic heterocycles. The van der Waals surface area contributed by atoms with E-state index in [1.165, 1.54) is 0 Å².